The molecular formula is C25H32N9O10S2+. The fourth-order valence-corrected chi connectivity index (χ4v) is 5.19. The minimum absolute atomic E-state index is 0.0503. The van der Waals surface area contributed by atoms with E-state index in [1.165, 1.54) is 13.8 Å². The summed E-state index contributed by atoms with van der Waals surface area (Å²) in [6, 6.07) is 5.57. The average Bonchev–Trinajstić information content (AvgIpc) is 3.59. The van der Waals surface area contributed by atoms with E-state index in [0.717, 1.165) is 24.1 Å². The first-order chi connectivity index (χ1) is 21.6. The van der Waals surface area contributed by atoms with Crippen molar-refractivity contribution in [3.8, 4) is 16.9 Å². The first kappa shape index (κ1) is 34.2. The molecule has 3 heterocycles. The van der Waals surface area contributed by atoms with Crippen LogP contribution in [-0.2, 0) is 47.5 Å². The van der Waals surface area contributed by atoms with Crippen LogP contribution in [0.15, 0.2) is 41.8 Å². The lowest BCUT2D eigenvalue weighted by molar-refractivity contribution is -0.753. The summed E-state index contributed by atoms with van der Waals surface area (Å²) in [7, 11) is -3.10. The summed E-state index contributed by atoms with van der Waals surface area (Å²) in [5.74, 6) is -3.56. The summed E-state index contributed by atoms with van der Waals surface area (Å²) < 4.78 is 48.8. The van der Waals surface area contributed by atoms with Crippen molar-refractivity contribution in [2.75, 3.05) is 18.9 Å². The van der Waals surface area contributed by atoms with Gasteiger partial charge < -0.3 is 31.5 Å². The largest absolute Gasteiger partial charge is 0.489 e. The number of nitrogens with two attached hydrogens (primary N) is 2. The molecule has 1 saturated heterocycles. The number of nitrogens with zero attached hydrogens (tertiary/aromatic N) is 6. The third-order valence-electron chi connectivity index (χ3n) is 6.74. The standard InChI is InChI=1S/C25H31N9O10S2/c1-25(2)19(22(36)34(25)44-46(39,40)41)28-21(35)18(20-29-24(27)45-31-20)30-43-17(23(37)38)13-42-16-7-5-14(6-8-16)15-11-32(3)33(12-15)10-4-9-26/h5-8,11-12,17,19H,4,9-10,13,26H2,1-3H3,(H4-,27,28,29,31,35,37,38,39,40,41)/p+1/b30-18-/t17?,19-/m1/s1. The molecule has 1 fully saturated rings. The molecule has 2 amide bonds. The minimum atomic E-state index is -5.02. The van der Waals surface area contributed by atoms with Crippen molar-refractivity contribution in [3.05, 3.63) is 42.5 Å². The SMILES string of the molecule is C[n+]1cc(-c2ccc(OCC(O/N=C(\C(=O)N[C@@H]3C(=O)N(OS(=O)(=O)O)C3(C)C)c3nsc(N)n3)C(=O)O)cc2)cn1CCCN. The zero-order valence-corrected chi connectivity index (χ0v) is 26.4. The van der Waals surface area contributed by atoms with Crippen LogP contribution in [0.25, 0.3) is 11.1 Å². The molecule has 3 aromatic rings. The van der Waals surface area contributed by atoms with E-state index in [1.807, 2.05) is 28.8 Å². The van der Waals surface area contributed by atoms with Gasteiger partial charge in [0.2, 0.25) is 17.7 Å². The maximum Gasteiger partial charge on any atom is 0.418 e. The Labute approximate surface area is 266 Å². The van der Waals surface area contributed by atoms with Crippen molar-refractivity contribution in [1.82, 2.24) is 24.4 Å². The van der Waals surface area contributed by atoms with E-state index in [1.54, 1.807) is 24.3 Å². The van der Waals surface area contributed by atoms with Gasteiger partial charge in [-0.1, -0.05) is 17.3 Å². The summed E-state index contributed by atoms with van der Waals surface area (Å²) in [5.41, 5.74) is 11.0. The zero-order valence-electron chi connectivity index (χ0n) is 24.8. The van der Waals surface area contributed by atoms with Crippen molar-refractivity contribution in [2.24, 2.45) is 17.9 Å². The van der Waals surface area contributed by atoms with Gasteiger partial charge >= 0.3 is 16.4 Å². The molecule has 0 radical (unpaired) electrons. The van der Waals surface area contributed by atoms with E-state index < -0.39 is 58.2 Å². The molecule has 4 rings (SSSR count). The highest BCUT2D eigenvalue weighted by Gasteiger charge is 2.58. The molecule has 0 spiro atoms. The summed E-state index contributed by atoms with van der Waals surface area (Å²) in [6.07, 6.45) is 3.08. The molecule has 1 aliphatic rings. The van der Waals surface area contributed by atoms with Crippen molar-refractivity contribution in [2.45, 2.75) is 44.5 Å². The average molecular weight is 683 g/mol. The molecule has 0 saturated carbocycles. The maximum atomic E-state index is 13.2. The molecule has 19 nitrogen and oxygen atoms in total. The van der Waals surface area contributed by atoms with Crippen LogP contribution in [0.2, 0.25) is 0 Å². The monoisotopic (exact) mass is 682 g/mol. The van der Waals surface area contributed by atoms with Gasteiger partial charge in [-0.3, -0.25) is 14.1 Å². The van der Waals surface area contributed by atoms with E-state index in [9.17, 15) is 27.9 Å². The Hall–Kier alpha value is -4.70. The summed E-state index contributed by atoms with van der Waals surface area (Å²) in [4.78, 5) is 46.6. The van der Waals surface area contributed by atoms with Gasteiger partial charge in [0, 0.05) is 11.5 Å². The van der Waals surface area contributed by atoms with Crippen LogP contribution >= 0.6 is 11.5 Å². The molecule has 0 aliphatic carbocycles. The number of hydrogen-bond donors (Lipinski definition) is 5. The third kappa shape index (κ3) is 7.92. The molecule has 0 bridgehead atoms. The van der Waals surface area contributed by atoms with Crippen LogP contribution in [0.1, 0.15) is 26.1 Å². The minimum Gasteiger partial charge on any atom is -0.489 e. The van der Waals surface area contributed by atoms with Crippen LogP contribution in [0, 0.1) is 0 Å². The quantitative estimate of drug-likeness (QED) is 0.0417. The fourth-order valence-electron chi connectivity index (χ4n) is 4.30. The lowest BCUT2D eigenvalue weighted by Crippen LogP contribution is -2.76. The van der Waals surface area contributed by atoms with Gasteiger partial charge in [-0.15, -0.1) is 8.97 Å². The molecule has 2 aromatic heterocycles. The molecule has 1 aromatic carbocycles. The van der Waals surface area contributed by atoms with E-state index in [4.69, 9.17) is 25.6 Å². The number of ether oxygens (including phenoxy) is 1. The van der Waals surface area contributed by atoms with Crippen molar-refractivity contribution >= 4 is 50.6 Å². The van der Waals surface area contributed by atoms with E-state index in [-0.39, 0.29) is 11.0 Å². The number of carboxylic acids is 1. The van der Waals surface area contributed by atoms with Crippen molar-refractivity contribution in [1.29, 1.82) is 0 Å². The highest BCUT2D eigenvalue weighted by molar-refractivity contribution is 7.80. The Morgan fingerprint density at radius 1 is 1.26 bits per heavy atom. The first-order valence-electron chi connectivity index (χ1n) is 13.5. The summed E-state index contributed by atoms with van der Waals surface area (Å²) in [6.45, 7) is 3.53. The second-order valence-corrected chi connectivity index (χ2v) is 12.2. The summed E-state index contributed by atoms with van der Waals surface area (Å²) in [5, 5.41) is 16.0. The van der Waals surface area contributed by atoms with Gasteiger partial charge in [0.15, 0.2) is 12.2 Å². The number of aromatic nitrogens is 4. The number of benzene rings is 1. The van der Waals surface area contributed by atoms with Crippen LogP contribution in [0.4, 0.5) is 5.13 Å². The topological polar surface area (TPSA) is 268 Å². The number of aryl methyl sites for hydroxylation is 2. The van der Waals surface area contributed by atoms with Gasteiger partial charge in [-0.25, -0.2) is 4.79 Å². The number of carbonyl (C=O) groups is 3. The van der Waals surface area contributed by atoms with Crippen LogP contribution in [-0.4, -0.2) is 91.5 Å². The normalized spacial score (nSPS) is 16.9. The van der Waals surface area contributed by atoms with Crippen molar-refractivity contribution < 1.29 is 51.0 Å². The lowest BCUT2D eigenvalue weighted by atomic mass is 9.84. The van der Waals surface area contributed by atoms with E-state index in [0.29, 0.717) is 28.9 Å². The Bertz CT molecular complexity index is 1740. The number of rotatable bonds is 15. The summed E-state index contributed by atoms with van der Waals surface area (Å²) >= 11 is 0.711. The number of β-lactam (4-membered cyclic amide) rings is 1. The number of carbonyl (C=O) groups excluding carboxylic acids is 2. The Balaban J connectivity index is 1.44. The van der Waals surface area contributed by atoms with Gasteiger partial charge in [0.1, 0.15) is 18.4 Å². The second-order valence-electron chi connectivity index (χ2n) is 10.5. The van der Waals surface area contributed by atoms with Gasteiger partial charge in [-0.05, 0) is 44.5 Å². The van der Waals surface area contributed by atoms with E-state index >= 15 is 0 Å². The fraction of sp³-hybridized carbons (Fsp3) is 0.400. The zero-order chi connectivity index (χ0) is 33.8. The molecule has 1 aliphatic heterocycles. The number of hydroxylamine groups is 2. The molecule has 7 N–H and O–H groups in total. The molecule has 2 atom stereocenters. The van der Waals surface area contributed by atoms with Gasteiger partial charge in [0.05, 0.1) is 23.8 Å². The number of aliphatic carboxylic acids is 1. The number of amides is 2. The molecule has 21 heteroatoms. The Kier molecular flexibility index (Phi) is 10.2. The lowest BCUT2D eigenvalue weighted by Gasteiger charge is -2.50. The Morgan fingerprint density at radius 3 is 2.52 bits per heavy atom. The first-order valence-corrected chi connectivity index (χ1v) is 15.6. The highest BCUT2D eigenvalue weighted by atomic mass is 32.3. The molecule has 46 heavy (non-hydrogen) atoms. The molecular weight excluding hydrogens is 650 g/mol. The highest BCUT2D eigenvalue weighted by Crippen LogP contribution is 2.33. The number of anilines is 1. The number of hydrogen-bond acceptors (Lipinski definition) is 14. The molecule has 248 valence electrons. The second kappa shape index (κ2) is 13.7. The smallest absolute Gasteiger partial charge is 0.418 e. The van der Waals surface area contributed by atoms with Crippen LogP contribution in [0.5, 0.6) is 5.75 Å². The van der Waals surface area contributed by atoms with Gasteiger partial charge in [0.25, 0.3) is 17.9 Å². The number of carboxylic acid groups (broad SMARTS) is 1. The number of nitrogens with one attached hydrogen (secondary N) is 1. The molecule has 1 unspecified atom stereocenters. The van der Waals surface area contributed by atoms with E-state index in [2.05, 4.69) is 24.1 Å². The maximum absolute atomic E-state index is 13.2. The number of nitrogen functional groups attached to an aromatic ring is 1. The predicted octanol–water partition coefficient (Wildman–Crippen LogP) is -1.14. The van der Waals surface area contributed by atoms with Crippen molar-refractivity contribution in [3.63, 3.8) is 0 Å². The predicted molar refractivity (Wildman–Crippen MR) is 159 cm³/mol. The third-order valence-corrected chi connectivity index (χ3v) is 7.62. The van der Waals surface area contributed by atoms with Crippen LogP contribution < -0.4 is 26.2 Å². The Morgan fingerprint density at radius 2 is 1.96 bits per heavy atom. The number of oxime groups is 1. The van der Waals surface area contributed by atoms with Gasteiger partial charge in [-0.2, -0.15) is 27.5 Å². The van der Waals surface area contributed by atoms with Crippen LogP contribution in [0.3, 0.4) is 0 Å².